The summed E-state index contributed by atoms with van der Waals surface area (Å²) in [7, 11) is 0. The summed E-state index contributed by atoms with van der Waals surface area (Å²) in [6.07, 6.45) is 0. The van der Waals surface area contributed by atoms with Crippen LogP contribution in [-0.2, 0) is 0 Å². The van der Waals surface area contributed by atoms with Gasteiger partial charge in [-0.25, -0.2) is 4.98 Å². The van der Waals surface area contributed by atoms with Gasteiger partial charge < -0.3 is 15.8 Å². The van der Waals surface area contributed by atoms with Crippen molar-refractivity contribution in [3.63, 3.8) is 0 Å². The summed E-state index contributed by atoms with van der Waals surface area (Å²) in [6, 6.07) is 5.84. The SMILES string of the molecule is CCN(c1cccc(C(N)=NO)n1)C(C)C. The quantitative estimate of drug-likeness (QED) is 0.349. The summed E-state index contributed by atoms with van der Waals surface area (Å²) in [5.74, 6) is 0.864. The standard InChI is InChI=1S/C11H18N4O/c1-4-15(8(2)3)10-7-5-6-9(13-10)11(12)14-16/h5-8,16H,4H2,1-3H3,(H2,12,14). The van der Waals surface area contributed by atoms with E-state index in [0.717, 1.165) is 12.4 Å². The summed E-state index contributed by atoms with van der Waals surface area (Å²) in [4.78, 5) is 6.48. The third-order valence-electron chi connectivity index (χ3n) is 2.36. The Bertz CT molecular complexity index is 376. The van der Waals surface area contributed by atoms with Gasteiger partial charge in [-0.05, 0) is 32.9 Å². The molecule has 1 aromatic rings. The lowest BCUT2D eigenvalue weighted by Gasteiger charge is -2.26. The molecule has 0 bridgehead atoms. The second-order valence-corrected chi connectivity index (χ2v) is 3.75. The number of amidine groups is 1. The zero-order valence-electron chi connectivity index (χ0n) is 9.88. The van der Waals surface area contributed by atoms with Gasteiger partial charge in [-0.2, -0.15) is 0 Å². The van der Waals surface area contributed by atoms with Gasteiger partial charge in [0.15, 0.2) is 5.84 Å². The number of nitrogens with two attached hydrogens (primary N) is 1. The highest BCUT2D eigenvalue weighted by Crippen LogP contribution is 2.14. The number of aromatic nitrogens is 1. The molecule has 3 N–H and O–H groups in total. The van der Waals surface area contributed by atoms with E-state index in [0.29, 0.717) is 11.7 Å². The Labute approximate surface area is 95.6 Å². The van der Waals surface area contributed by atoms with E-state index in [9.17, 15) is 0 Å². The summed E-state index contributed by atoms with van der Waals surface area (Å²) in [6.45, 7) is 7.13. The van der Waals surface area contributed by atoms with Gasteiger partial charge in [-0.1, -0.05) is 11.2 Å². The molecule has 0 unspecified atom stereocenters. The Morgan fingerprint density at radius 1 is 1.56 bits per heavy atom. The molecule has 0 aromatic carbocycles. The van der Waals surface area contributed by atoms with E-state index in [1.807, 2.05) is 12.1 Å². The zero-order valence-corrected chi connectivity index (χ0v) is 9.88. The van der Waals surface area contributed by atoms with Gasteiger partial charge in [-0.3, -0.25) is 0 Å². The fourth-order valence-electron chi connectivity index (χ4n) is 1.57. The van der Waals surface area contributed by atoms with Gasteiger partial charge >= 0.3 is 0 Å². The van der Waals surface area contributed by atoms with Crippen molar-refractivity contribution >= 4 is 11.7 Å². The van der Waals surface area contributed by atoms with Crippen molar-refractivity contribution in [1.82, 2.24) is 4.98 Å². The molecule has 5 heteroatoms. The van der Waals surface area contributed by atoms with Crippen LogP contribution in [0.25, 0.3) is 0 Å². The fraction of sp³-hybridized carbons (Fsp3) is 0.455. The van der Waals surface area contributed by atoms with Gasteiger partial charge in [0.05, 0.1) is 0 Å². The molecule has 1 rings (SSSR count). The maximum absolute atomic E-state index is 8.59. The monoisotopic (exact) mass is 222 g/mol. The van der Waals surface area contributed by atoms with Crippen molar-refractivity contribution in [3.05, 3.63) is 23.9 Å². The van der Waals surface area contributed by atoms with Crippen LogP contribution >= 0.6 is 0 Å². The molecule has 0 radical (unpaired) electrons. The van der Waals surface area contributed by atoms with E-state index in [4.69, 9.17) is 10.9 Å². The van der Waals surface area contributed by atoms with E-state index in [-0.39, 0.29) is 5.84 Å². The second-order valence-electron chi connectivity index (χ2n) is 3.75. The average molecular weight is 222 g/mol. The molecule has 0 saturated heterocycles. The molecule has 88 valence electrons. The van der Waals surface area contributed by atoms with Crippen molar-refractivity contribution < 1.29 is 5.21 Å². The van der Waals surface area contributed by atoms with Gasteiger partial charge in [0, 0.05) is 12.6 Å². The molecule has 0 aliphatic rings. The first-order valence-corrected chi connectivity index (χ1v) is 5.31. The highest BCUT2D eigenvalue weighted by Gasteiger charge is 2.11. The Morgan fingerprint density at radius 3 is 2.75 bits per heavy atom. The average Bonchev–Trinajstić information content (AvgIpc) is 2.29. The van der Waals surface area contributed by atoms with E-state index in [1.54, 1.807) is 6.07 Å². The minimum absolute atomic E-state index is 0.0293. The first kappa shape index (κ1) is 12.3. The maximum Gasteiger partial charge on any atom is 0.188 e. The maximum atomic E-state index is 8.59. The van der Waals surface area contributed by atoms with Crippen LogP contribution in [0.5, 0.6) is 0 Å². The first-order chi connectivity index (χ1) is 7.60. The molecule has 0 fully saturated rings. The van der Waals surface area contributed by atoms with Crippen LogP contribution in [-0.4, -0.2) is 28.6 Å². The number of pyridine rings is 1. The normalized spacial score (nSPS) is 11.9. The number of hydrogen-bond donors (Lipinski definition) is 2. The molecule has 5 nitrogen and oxygen atoms in total. The van der Waals surface area contributed by atoms with Crippen molar-refractivity contribution in [2.75, 3.05) is 11.4 Å². The molecule has 1 heterocycles. The molecular weight excluding hydrogens is 204 g/mol. The summed E-state index contributed by atoms with van der Waals surface area (Å²) >= 11 is 0. The predicted molar refractivity (Wildman–Crippen MR) is 64.9 cm³/mol. The lowest BCUT2D eigenvalue weighted by atomic mass is 10.2. The molecule has 1 aromatic heterocycles. The molecule has 0 amide bonds. The minimum Gasteiger partial charge on any atom is -0.409 e. The third kappa shape index (κ3) is 2.62. The minimum atomic E-state index is 0.0293. The van der Waals surface area contributed by atoms with Crippen LogP contribution in [0.3, 0.4) is 0 Å². The Kier molecular flexibility index (Phi) is 4.10. The summed E-state index contributed by atoms with van der Waals surface area (Å²) in [5.41, 5.74) is 5.99. The predicted octanol–water partition coefficient (Wildman–Crippen LogP) is 1.41. The van der Waals surface area contributed by atoms with Gasteiger partial charge in [0.2, 0.25) is 0 Å². The summed E-state index contributed by atoms with van der Waals surface area (Å²) < 4.78 is 0. The number of anilines is 1. The van der Waals surface area contributed by atoms with E-state index in [1.165, 1.54) is 0 Å². The molecule has 16 heavy (non-hydrogen) atoms. The van der Waals surface area contributed by atoms with Crippen LogP contribution in [0, 0.1) is 0 Å². The highest BCUT2D eigenvalue weighted by molar-refractivity contribution is 5.95. The number of hydrogen-bond acceptors (Lipinski definition) is 4. The zero-order chi connectivity index (χ0) is 12.1. The molecule has 0 aliphatic heterocycles. The van der Waals surface area contributed by atoms with E-state index < -0.39 is 0 Å². The lowest BCUT2D eigenvalue weighted by molar-refractivity contribution is 0.318. The van der Waals surface area contributed by atoms with Crippen LogP contribution in [0.4, 0.5) is 5.82 Å². The molecule has 0 aliphatic carbocycles. The Morgan fingerprint density at radius 2 is 2.25 bits per heavy atom. The fourth-order valence-corrected chi connectivity index (χ4v) is 1.57. The summed E-state index contributed by atoms with van der Waals surface area (Å²) in [5, 5.41) is 11.5. The van der Waals surface area contributed by atoms with Crippen LogP contribution < -0.4 is 10.6 Å². The molecule has 0 saturated carbocycles. The largest absolute Gasteiger partial charge is 0.409 e. The first-order valence-electron chi connectivity index (χ1n) is 5.31. The van der Waals surface area contributed by atoms with Gasteiger partial charge in [0.25, 0.3) is 0 Å². The third-order valence-corrected chi connectivity index (χ3v) is 2.36. The number of rotatable bonds is 4. The number of oxime groups is 1. The Hall–Kier alpha value is -1.78. The molecule has 0 spiro atoms. The van der Waals surface area contributed by atoms with Crippen LogP contribution in [0.1, 0.15) is 26.5 Å². The lowest BCUT2D eigenvalue weighted by Crippen LogP contribution is -2.31. The van der Waals surface area contributed by atoms with Crippen molar-refractivity contribution in [1.29, 1.82) is 0 Å². The van der Waals surface area contributed by atoms with Crippen molar-refractivity contribution in [2.24, 2.45) is 10.9 Å². The molecule has 0 atom stereocenters. The Balaban J connectivity index is 3.06. The second kappa shape index (κ2) is 5.34. The topological polar surface area (TPSA) is 74.7 Å². The molecular formula is C11H18N4O. The number of nitrogens with zero attached hydrogens (tertiary/aromatic N) is 3. The van der Waals surface area contributed by atoms with Crippen molar-refractivity contribution in [3.8, 4) is 0 Å². The van der Waals surface area contributed by atoms with Gasteiger partial charge in [0.1, 0.15) is 11.5 Å². The smallest absolute Gasteiger partial charge is 0.188 e. The van der Waals surface area contributed by atoms with Gasteiger partial charge in [-0.15, -0.1) is 0 Å². The van der Waals surface area contributed by atoms with Crippen LogP contribution in [0.15, 0.2) is 23.4 Å². The van der Waals surface area contributed by atoms with Crippen LogP contribution in [0.2, 0.25) is 0 Å². The van der Waals surface area contributed by atoms with Crippen molar-refractivity contribution in [2.45, 2.75) is 26.8 Å². The van der Waals surface area contributed by atoms with E-state index >= 15 is 0 Å². The van der Waals surface area contributed by atoms with E-state index in [2.05, 4.69) is 35.8 Å². The highest BCUT2D eigenvalue weighted by atomic mass is 16.4.